The van der Waals surface area contributed by atoms with Crippen molar-refractivity contribution in [1.29, 1.82) is 0 Å². The molecule has 0 aromatic heterocycles. The summed E-state index contributed by atoms with van der Waals surface area (Å²) in [6, 6.07) is 12.1. The molecular formula is C23H31N3O4S. The van der Waals surface area contributed by atoms with Crippen molar-refractivity contribution in [2.24, 2.45) is 0 Å². The van der Waals surface area contributed by atoms with Gasteiger partial charge in [0.1, 0.15) is 0 Å². The van der Waals surface area contributed by atoms with Crippen molar-refractivity contribution in [3.63, 3.8) is 0 Å². The molecule has 0 aliphatic heterocycles. The lowest BCUT2D eigenvalue weighted by Gasteiger charge is -2.21. The number of benzene rings is 2. The summed E-state index contributed by atoms with van der Waals surface area (Å²) in [6.07, 6.45) is 0.0276. The molecular weight excluding hydrogens is 414 g/mol. The number of carbonyl (C=O) groups is 2. The van der Waals surface area contributed by atoms with Gasteiger partial charge in [-0.05, 0) is 68.7 Å². The summed E-state index contributed by atoms with van der Waals surface area (Å²) in [5.74, 6) is -0.316. The zero-order valence-electron chi connectivity index (χ0n) is 18.7. The molecule has 2 amide bonds. The molecule has 2 N–H and O–H groups in total. The first-order valence-electron chi connectivity index (χ1n) is 10.2. The zero-order valence-corrected chi connectivity index (χ0v) is 19.5. The molecule has 0 saturated carbocycles. The van der Waals surface area contributed by atoms with Gasteiger partial charge in [0.2, 0.25) is 15.9 Å². The zero-order chi connectivity index (χ0) is 23.2. The van der Waals surface area contributed by atoms with E-state index in [1.165, 1.54) is 0 Å². The molecule has 0 radical (unpaired) electrons. The molecule has 0 aliphatic carbocycles. The van der Waals surface area contributed by atoms with E-state index >= 15 is 0 Å². The molecule has 2 rings (SSSR count). The van der Waals surface area contributed by atoms with E-state index in [-0.39, 0.29) is 35.7 Å². The maximum atomic E-state index is 12.4. The Bertz CT molecular complexity index is 1030. The number of carbonyl (C=O) groups excluding carboxylic acids is 2. The molecule has 2 aromatic rings. The minimum atomic E-state index is -3.65. The van der Waals surface area contributed by atoms with Crippen LogP contribution < -0.4 is 10.0 Å². The molecule has 0 unspecified atom stereocenters. The smallest absolute Gasteiger partial charge is 0.253 e. The number of hydrogen-bond acceptors (Lipinski definition) is 4. The minimum Gasteiger partial charge on any atom is -0.352 e. The average molecular weight is 446 g/mol. The van der Waals surface area contributed by atoms with E-state index in [0.717, 1.165) is 16.7 Å². The lowest BCUT2D eigenvalue weighted by atomic mass is 10.1. The normalized spacial score (nSPS) is 11.4. The van der Waals surface area contributed by atoms with Crippen molar-refractivity contribution in [3.05, 3.63) is 64.7 Å². The highest BCUT2D eigenvalue weighted by molar-refractivity contribution is 7.89. The summed E-state index contributed by atoms with van der Waals surface area (Å²) in [6.45, 7) is 7.98. The fraction of sp³-hybridized carbons (Fsp3) is 0.391. The summed E-state index contributed by atoms with van der Waals surface area (Å²) < 4.78 is 27.2. The van der Waals surface area contributed by atoms with E-state index in [4.69, 9.17) is 0 Å². The molecule has 0 heterocycles. The van der Waals surface area contributed by atoms with E-state index in [0.29, 0.717) is 12.1 Å². The third-order valence-electron chi connectivity index (χ3n) is 5.22. The average Bonchev–Trinajstić information content (AvgIpc) is 2.73. The number of rotatable bonds is 9. The van der Waals surface area contributed by atoms with Crippen molar-refractivity contribution < 1.29 is 18.0 Å². The molecule has 0 bridgehead atoms. The highest BCUT2D eigenvalue weighted by Gasteiger charge is 2.16. The molecule has 8 heteroatoms. The first kappa shape index (κ1) is 24.6. The monoisotopic (exact) mass is 445 g/mol. The Kier molecular flexibility index (Phi) is 8.36. The number of amides is 2. The number of nitrogens with zero attached hydrogens (tertiary/aromatic N) is 1. The van der Waals surface area contributed by atoms with Gasteiger partial charge < -0.3 is 10.2 Å². The van der Waals surface area contributed by atoms with Crippen LogP contribution in [0.3, 0.4) is 0 Å². The van der Waals surface area contributed by atoms with Crippen LogP contribution >= 0.6 is 0 Å². The van der Waals surface area contributed by atoms with Gasteiger partial charge in [0.05, 0.1) is 4.90 Å². The van der Waals surface area contributed by atoms with Crippen molar-refractivity contribution >= 4 is 21.8 Å². The predicted molar refractivity (Wildman–Crippen MR) is 121 cm³/mol. The predicted octanol–water partition coefficient (Wildman–Crippen LogP) is 2.77. The summed E-state index contributed by atoms with van der Waals surface area (Å²) in [5.41, 5.74) is 3.35. The van der Waals surface area contributed by atoms with E-state index in [1.54, 1.807) is 54.4 Å². The summed E-state index contributed by atoms with van der Waals surface area (Å²) in [7, 11) is -1.90. The fourth-order valence-electron chi connectivity index (χ4n) is 2.76. The first-order valence-corrected chi connectivity index (χ1v) is 11.7. The molecule has 0 saturated heterocycles. The van der Waals surface area contributed by atoms with Gasteiger partial charge in [-0.1, -0.05) is 18.2 Å². The third kappa shape index (κ3) is 6.90. The Balaban J connectivity index is 1.81. The number of nitrogens with one attached hydrogen (secondary N) is 2. The molecule has 168 valence electrons. The minimum absolute atomic E-state index is 0.00999. The molecule has 0 aliphatic rings. The number of sulfonamides is 1. The van der Waals surface area contributed by atoms with E-state index < -0.39 is 10.0 Å². The van der Waals surface area contributed by atoms with Gasteiger partial charge >= 0.3 is 0 Å². The summed E-state index contributed by atoms with van der Waals surface area (Å²) >= 11 is 0. The Morgan fingerprint density at radius 3 is 2.23 bits per heavy atom. The molecule has 31 heavy (non-hydrogen) atoms. The van der Waals surface area contributed by atoms with Crippen molar-refractivity contribution in [3.8, 4) is 0 Å². The van der Waals surface area contributed by atoms with Crippen LogP contribution in [0.25, 0.3) is 0 Å². The summed E-state index contributed by atoms with van der Waals surface area (Å²) in [4.78, 5) is 26.2. The molecule has 0 fully saturated rings. The Labute approximate surface area is 184 Å². The molecule has 7 nitrogen and oxygen atoms in total. The third-order valence-corrected chi connectivity index (χ3v) is 6.68. The van der Waals surface area contributed by atoms with Gasteiger partial charge in [0.25, 0.3) is 5.91 Å². The number of aryl methyl sites for hydroxylation is 2. The van der Waals surface area contributed by atoms with Crippen LogP contribution in [-0.4, -0.2) is 44.8 Å². The SMILES string of the molecule is Cc1ccc(S(=O)(=O)NCCC(=O)NCc2ccc(C(=O)N(C)C(C)C)cc2)cc1C. The maximum absolute atomic E-state index is 12.4. The van der Waals surface area contributed by atoms with Crippen molar-refractivity contribution in [1.82, 2.24) is 14.9 Å². The quantitative estimate of drug-likeness (QED) is 0.620. The Morgan fingerprint density at radius 1 is 1.00 bits per heavy atom. The highest BCUT2D eigenvalue weighted by atomic mass is 32.2. The van der Waals surface area contributed by atoms with Crippen LogP contribution in [-0.2, 0) is 21.4 Å². The van der Waals surface area contributed by atoms with E-state index in [1.807, 2.05) is 27.7 Å². The van der Waals surface area contributed by atoms with Gasteiger partial charge in [-0.2, -0.15) is 0 Å². The second-order valence-corrected chi connectivity index (χ2v) is 9.64. The largest absolute Gasteiger partial charge is 0.352 e. The maximum Gasteiger partial charge on any atom is 0.253 e. The standard InChI is InChI=1S/C23H31N3O4S/c1-16(2)26(5)23(28)20-9-7-19(8-10-20)15-24-22(27)12-13-25-31(29,30)21-11-6-17(3)18(4)14-21/h6-11,14,16,25H,12-13,15H2,1-5H3,(H,24,27). The van der Waals surface area contributed by atoms with Crippen molar-refractivity contribution in [2.45, 2.75) is 51.6 Å². The van der Waals surface area contributed by atoms with Gasteiger partial charge in [-0.15, -0.1) is 0 Å². The Hall–Kier alpha value is -2.71. The fourth-order valence-corrected chi connectivity index (χ4v) is 3.87. The second-order valence-electron chi connectivity index (χ2n) is 7.88. The lowest BCUT2D eigenvalue weighted by Crippen LogP contribution is -2.33. The van der Waals surface area contributed by atoms with Crippen LogP contribution in [0.2, 0.25) is 0 Å². The van der Waals surface area contributed by atoms with Crippen LogP contribution in [0.5, 0.6) is 0 Å². The topological polar surface area (TPSA) is 95.6 Å². The van der Waals surface area contributed by atoms with E-state index in [2.05, 4.69) is 10.0 Å². The van der Waals surface area contributed by atoms with Gasteiger partial charge in [0.15, 0.2) is 0 Å². The Morgan fingerprint density at radius 2 is 1.65 bits per heavy atom. The van der Waals surface area contributed by atoms with Crippen LogP contribution in [0.4, 0.5) is 0 Å². The van der Waals surface area contributed by atoms with Crippen LogP contribution in [0, 0.1) is 13.8 Å². The van der Waals surface area contributed by atoms with Crippen LogP contribution in [0.1, 0.15) is 47.3 Å². The second kappa shape index (κ2) is 10.5. The van der Waals surface area contributed by atoms with E-state index in [9.17, 15) is 18.0 Å². The lowest BCUT2D eigenvalue weighted by molar-refractivity contribution is -0.121. The number of hydrogen-bond donors (Lipinski definition) is 2. The molecule has 0 atom stereocenters. The van der Waals surface area contributed by atoms with Crippen LogP contribution in [0.15, 0.2) is 47.4 Å². The molecule has 2 aromatic carbocycles. The van der Waals surface area contributed by atoms with Gasteiger partial charge in [-0.25, -0.2) is 13.1 Å². The first-order chi connectivity index (χ1) is 14.5. The highest BCUT2D eigenvalue weighted by Crippen LogP contribution is 2.14. The van der Waals surface area contributed by atoms with Crippen molar-refractivity contribution in [2.75, 3.05) is 13.6 Å². The van der Waals surface area contributed by atoms with Gasteiger partial charge in [0, 0.05) is 38.2 Å². The van der Waals surface area contributed by atoms with Gasteiger partial charge in [-0.3, -0.25) is 9.59 Å². The molecule has 0 spiro atoms. The summed E-state index contributed by atoms with van der Waals surface area (Å²) in [5, 5.41) is 2.76.